The van der Waals surface area contributed by atoms with Crippen molar-refractivity contribution in [3.8, 4) is 0 Å². The first-order valence-corrected chi connectivity index (χ1v) is 11.7. The first-order chi connectivity index (χ1) is 15.8. The van der Waals surface area contributed by atoms with Gasteiger partial charge < -0.3 is 5.73 Å². The van der Waals surface area contributed by atoms with Crippen LogP contribution in [0.2, 0.25) is 0 Å². The predicted octanol–water partition coefficient (Wildman–Crippen LogP) is 4.17. The Hall–Kier alpha value is -3.96. The van der Waals surface area contributed by atoms with Gasteiger partial charge in [-0.1, -0.05) is 18.2 Å². The number of nitrogens with two attached hydrogens (primary N) is 1. The number of nitro benzene ring substituents is 1. The molecular weight excluding hydrogens is 464 g/mol. The second kappa shape index (κ2) is 8.88. The molecule has 1 saturated heterocycles. The molecule has 0 bridgehead atoms. The number of sulfonamides is 1. The van der Waals surface area contributed by atoms with E-state index in [9.17, 15) is 23.3 Å². The minimum absolute atomic E-state index is 0.0313. The van der Waals surface area contributed by atoms with Gasteiger partial charge in [0.2, 0.25) is 0 Å². The number of benzene rings is 3. The Balaban J connectivity index is 1.78. The highest BCUT2D eigenvalue weighted by molar-refractivity contribution is 8.20. The van der Waals surface area contributed by atoms with E-state index >= 15 is 0 Å². The fourth-order valence-electron chi connectivity index (χ4n) is 2.94. The largest absolute Gasteiger partial charge is 0.399 e. The van der Waals surface area contributed by atoms with Gasteiger partial charge in [-0.25, -0.2) is 13.4 Å². The summed E-state index contributed by atoms with van der Waals surface area (Å²) < 4.78 is 27.3. The number of nitrogen functional groups attached to an aromatic ring is 1. The lowest BCUT2D eigenvalue weighted by Crippen LogP contribution is -2.35. The molecule has 2 N–H and O–H groups in total. The van der Waals surface area contributed by atoms with Gasteiger partial charge in [0.25, 0.3) is 21.6 Å². The lowest BCUT2D eigenvalue weighted by atomic mass is 10.2. The minimum atomic E-state index is -4.27. The summed E-state index contributed by atoms with van der Waals surface area (Å²) in [5.74, 6) is -0.773. The maximum Gasteiger partial charge on any atom is 0.280 e. The number of nitro groups is 1. The average molecular weight is 481 g/mol. The summed E-state index contributed by atoms with van der Waals surface area (Å²) >= 11 is 0.901. The zero-order chi connectivity index (χ0) is 23.6. The first kappa shape index (κ1) is 22.2. The van der Waals surface area contributed by atoms with E-state index < -0.39 is 20.9 Å². The summed E-state index contributed by atoms with van der Waals surface area (Å²) in [6.45, 7) is 0. The number of para-hydroxylation sites is 1. The summed E-state index contributed by atoms with van der Waals surface area (Å²) in [7, 11) is -4.27. The molecule has 3 aromatic carbocycles. The molecule has 1 amide bonds. The number of amidine groups is 1. The molecule has 0 atom stereocenters. The number of carbonyl (C=O) groups excluding carboxylic acids is 1. The van der Waals surface area contributed by atoms with E-state index in [0.29, 0.717) is 21.2 Å². The third-order valence-corrected chi connectivity index (χ3v) is 7.34. The normalized spacial score (nSPS) is 16.5. The quantitative estimate of drug-likeness (QED) is 0.250. The molecule has 11 heteroatoms. The van der Waals surface area contributed by atoms with Crippen LogP contribution in [0.3, 0.4) is 0 Å². The van der Waals surface area contributed by atoms with E-state index in [4.69, 9.17) is 5.73 Å². The Bertz CT molecular complexity index is 1380. The van der Waals surface area contributed by atoms with E-state index in [2.05, 4.69) is 4.99 Å². The molecule has 166 valence electrons. The van der Waals surface area contributed by atoms with Crippen molar-refractivity contribution in [2.24, 2.45) is 4.99 Å². The van der Waals surface area contributed by atoms with Crippen molar-refractivity contribution in [2.45, 2.75) is 4.90 Å². The average Bonchev–Trinajstić information content (AvgIpc) is 3.10. The Morgan fingerprint density at radius 3 is 2.21 bits per heavy atom. The van der Waals surface area contributed by atoms with Crippen LogP contribution in [0.1, 0.15) is 5.56 Å². The molecule has 1 aliphatic rings. The second-order valence-corrected chi connectivity index (χ2v) is 9.63. The standard InChI is InChI=1S/C22H16N4O5S2/c23-16-8-12-19(13-9-16)33(30,31)25-21(27)20(14-15-6-10-18(11-7-15)26(28)29)32-22(25)24-17-4-2-1-3-5-17/h1-14H,23H2/b20-14+,24-22?. The van der Waals surface area contributed by atoms with Crippen LogP contribution in [0.4, 0.5) is 17.1 Å². The number of aliphatic imine (C=N–C) groups is 1. The van der Waals surface area contributed by atoms with Crippen LogP contribution in [0, 0.1) is 10.1 Å². The molecule has 0 saturated carbocycles. The number of carbonyl (C=O) groups is 1. The highest BCUT2D eigenvalue weighted by Gasteiger charge is 2.42. The van der Waals surface area contributed by atoms with E-state index in [-0.39, 0.29) is 20.7 Å². The van der Waals surface area contributed by atoms with E-state index in [1.54, 1.807) is 30.3 Å². The Labute approximate surface area is 193 Å². The van der Waals surface area contributed by atoms with Crippen LogP contribution >= 0.6 is 11.8 Å². The molecule has 0 aromatic heterocycles. The minimum Gasteiger partial charge on any atom is -0.399 e. The number of thioether (sulfide) groups is 1. The SMILES string of the molecule is Nc1ccc(S(=O)(=O)N2C(=O)/C(=C\c3ccc([N+](=O)[O-])cc3)SC2=Nc2ccccc2)cc1. The van der Waals surface area contributed by atoms with Crippen LogP contribution < -0.4 is 5.73 Å². The molecule has 0 unspecified atom stereocenters. The van der Waals surface area contributed by atoms with Crippen molar-refractivity contribution in [1.82, 2.24) is 4.31 Å². The van der Waals surface area contributed by atoms with Crippen LogP contribution in [-0.4, -0.2) is 28.7 Å². The zero-order valence-electron chi connectivity index (χ0n) is 16.9. The topological polar surface area (TPSA) is 136 Å². The predicted molar refractivity (Wildman–Crippen MR) is 127 cm³/mol. The van der Waals surface area contributed by atoms with Crippen LogP contribution in [-0.2, 0) is 14.8 Å². The van der Waals surface area contributed by atoms with Gasteiger partial charge in [0.05, 0.1) is 20.4 Å². The second-order valence-electron chi connectivity index (χ2n) is 6.83. The number of nitrogens with zero attached hydrogens (tertiary/aromatic N) is 3. The molecular formula is C22H16N4O5S2. The maximum atomic E-state index is 13.3. The van der Waals surface area contributed by atoms with E-state index in [1.807, 2.05) is 0 Å². The van der Waals surface area contributed by atoms with Gasteiger partial charge in [-0.3, -0.25) is 14.9 Å². The lowest BCUT2D eigenvalue weighted by molar-refractivity contribution is -0.384. The van der Waals surface area contributed by atoms with E-state index in [0.717, 1.165) is 11.8 Å². The number of hydrogen-bond donors (Lipinski definition) is 1. The summed E-state index contributed by atoms with van der Waals surface area (Å²) in [6.07, 6.45) is 1.47. The van der Waals surface area contributed by atoms with Crippen molar-refractivity contribution < 1.29 is 18.1 Å². The molecule has 0 aliphatic carbocycles. The molecule has 33 heavy (non-hydrogen) atoms. The molecule has 0 spiro atoms. The van der Waals surface area contributed by atoms with Gasteiger partial charge in [-0.2, -0.15) is 4.31 Å². The van der Waals surface area contributed by atoms with Crippen LogP contribution in [0.15, 0.2) is 93.7 Å². The van der Waals surface area contributed by atoms with Gasteiger partial charge in [-0.15, -0.1) is 0 Å². The van der Waals surface area contributed by atoms with Crippen molar-refractivity contribution in [3.63, 3.8) is 0 Å². The van der Waals surface area contributed by atoms with Crippen LogP contribution in [0.5, 0.6) is 0 Å². The molecule has 3 aromatic rings. The lowest BCUT2D eigenvalue weighted by Gasteiger charge is -2.16. The first-order valence-electron chi connectivity index (χ1n) is 9.49. The smallest absolute Gasteiger partial charge is 0.280 e. The Morgan fingerprint density at radius 2 is 1.61 bits per heavy atom. The van der Waals surface area contributed by atoms with Gasteiger partial charge in [0, 0.05) is 17.8 Å². The van der Waals surface area contributed by atoms with Gasteiger partial charge in [0.15, 0.2) is 5.17 Å². The highest BCUT2D eigenvalue weighted by Crippen LogP contribution is 2.38. The molecule has 1 fully saturated rings. The summed E-state index contributed by atoms with van der Waals surface area (Å²) in [6, 6.07) is 19.7. The van der Waals surface area contributed by atoms with Gasteiger partial charge in [0.1, 0.15) is 0 Å². The van der Waals surface area contributed by atoms with Crippen molar-refractivity contribution in [3.05, 3.63) is 99.4 Å². The molecule has 9 nitrogen and oxygen atoms in total. The fourth-order valence-corrected chi connectivity index (χ4v) is 5.55. The van der Waals surface area contributed by atoms with Crippen molar-refractivity contribution in [2.75, 3.05) is 5.73 Å². The maximum absolute atomic E-state index is 13.3. The number of non-ortho nitro benzene ring substituents is 1. The van der Waals surface area contributed by atoms with Crippen LogP contribution in [0.25, 0.3) is 6.08 Å². The number of rotatable bonds is 5. The zero-order valence-corrected chi connectivity index (χ0v) is 18.5. The third kappa shape index (κ3) is 4.64. The monoisotopic (exact) mass is 480 g/mol. The molecule has 1 heterocycles. The highest BCUT2D eigenvalue weighted by atomic mass is 32.2. The third-order valence-electron chi connectivity index (χ3n) is 4.57. The number of anilines is 1. The molecule has 4 rings (SSSR count). The van der Waals surface area contributed by atoms with Crippen molar-refractivity contribution in [1.29, 1.82) is 0 Å². The van der Waals surface area contributed by atoms with Crippen molar-refractivity contribution >= 4 is 56.0 Å². The summed E-state index contributed by atoms with van der Waals surface area (Å²) in [5, 5.41) is 10.8. The van der Waals surface area contributed by atoms with Gasteiger partial charge in [-0.05, 0) is 71.9 Å². The Morgan fingerprint density at radius 1 is 0.970 bits per heavy atom. The molecule has 1 aliphatic heterocycles. The number of amides is 1. The molecule has 0 radical (unpaired) electrons. The number of hydrogen-bond acceptors (Lipinski definition) is 8. The summed E-state index contributed by atoms with van der Waals surface area (Å²) in [4.78, 5) is 27.9. The Kier molecular flexibility index (Phi) is 5.99. The van der Waals surface area contributed by atoms with Gasteiger partial charge >= 0.3 is 0 Å². The van der Waals surface area contributed by atoms with E-state index in [1.165, 1.54) is 54.6 Å². The summed E-state index contributed by atoms with van der Waals surface area (Å²) in [5.41, 5.74) is 6.93. The fraction of sp³-hybridized carbons (Fsp3) is 0.